The average molecular weight is 1750 g/mol. The maximum Gasteiger partial charge on any atom is 0.226 e. The molecule has 24 rings (SSSR count). The standard InChI is InChI=1S/C30H20ClN3O.2C27H16ClN3S.C21H12ClN3S/c1-30(2)23-9-5-3-7-19(23)20-13-11-17(15-24(20)30)27-32-28(34-29(31)33-27)18-12-14-22-21-8-4-6-10-25(21)35-26(22)16-18;28-27-30-25(19-15-13-18(14-16-19)17-7-2-1-3-8-17)29-26(31-27)21-10-6-12-23-24(21)20-9-4-5-11-22(20)32-23;28-27-30-25(19-12-10-18(11-13-19)17-6-2-1-3-7-17)29-26(31-27)20-14-15-22-21-8-4-5-9-23(21)32-24(22)16-20;22-21-24-19(13-7-2-1-3-8-13)23-20(25-21)15-10-6-12-17-18(15)14-9-4-5-11-16(14)26-17/h3-16H,1-2H3;2*1-16H;1-12H. The summed E-state index contributed by atoms with van der Waals surface area (Å²) in [5.41, 5.74) is 18.6. The Hall–Kier alpha value is -14.0. The molecule has 0 radical (unpaired) electrons. The lowest BCUT2D eigenvalue weighted by molar-refractivity contribution is 0.660. The summed E-state index contributed by atoms with van der Waals surface area (Å²) in [6.45, 7) is 4.52. The van der Waals surface area contributed by atoms with Gasteiger partial charge in [-0.25, -0.2) is 19.9 Å². The molecule has 0 atom stereocenters. The molecule has 596 valence electrons. The van der Waals surface area contributed by atoms with Gasteiger partial charge in [0.25, 0.3) is 0 Å². The molecule has 0 amide bonds. The van der Waals surface area contributed by atoms with Gasteiger partial charge >= 0.3 is 0 Å². The first-order chi connectivity index (χ1) is 61.3. The zero-order chi connectivity index (χ0) is 84.2. The Balaban J connectivity index is 0.000000102. The van der Waals surface area contributed by atoms with Gasteiger partial charge in [-0.2, -0.15) is 39.9 Å². The molecule has 0 N–H and O–H groups in total. The van der Waals surface area contributed by atoms with Gasteiger partial charge in [-0.3, -0.25) is 0 Å². The largest absolute Gasteiger partial charge is 0.456 e. The summed E-state index contributed by atoms with van der Waals surface area (Å²) in [6.07, 6.45) is 0. The molecule has 0 aliphatic heterocycles. The Kier molecular flexibility index (Phi) is 20.8. The number of hydrogen-bond donors (Lipinski definition) is 0. The predicted molar refractivity (Wildman–Crippen MR) is 517 cm³/mol. The Morgan fingerprint density at radius 3 is 1.04 bits per heavy atom. The van der Waals surface area contributed by atoms with E-state index in [4.69, 9.17) is 70.8 Å². The summed E-state index contributed by atoms with van der Waals surface area (Å²) < 4.78 is 13.4. The molecular formula is C105H64Cl4N12OS3. The molecule has 13 nitrogen and oxygen atoms in total. The second kappa shape index (κ2) is 33.3. The highest BCUT2D eigenvalue weighted by Crippen LogP contribution is 2.50. The summed E-state index contributed by atoms with van der Waals surface area (Å²) in [5.74, 6) is 4.54. The molecule has 23 aromatic rings. The SMILES string of the molecule is CC1(C)c2ccccc2-c2ccc(-c3nc(Cl)nc(-c4ccc5c(c4)oc4ccccc45)n3)cc21.Clc1nc(-c2ccc(-c3ccccc3)cc2)nc(-c2ccc3c(c2)sc2ccccc23)n1.Clc1nc(-c2ccc(-c3ccccc3)cc2)nc(-c2cccc3sc4ccccc4c23)n1.Clc1nc(-c2ccccc2)nc(-c2cccc3sc4ccccc4c23)n1. The second-order valence-electron chi connectivity index (χ2n) is 30.4. The Morgan fingerprint density at radius 2 is 0.520 bits per heavy atom. The Labute approximate surface area is 748 Å². The highest BCUT2D eigenvalue weighted by atomic mass is 35.5. The first kappa shape index (κ1) is 78.2. The van der Waals surface area contributed by atoms with Crippen molar-refractivity contribution in [1.29, 1.82) is 0 Å². The lowest BCUT2D eigenvalue weighted by Gasteiger charge is -2.21. The topological polar surface area (TPSA) is 168 Å². The maximum absolute atomic E-state index is 6.39. The highest BCUT2D eigenvalue weighted by molar-refractivity contribution is 7.26. The van der Waals surface area contributed by atoms with Crippen LogP contribution in [0.1, 0.15) is 25.0 Å². The predicted octanol–water partition coefficient (Wildman–Crippen LogP) is 30.1. The molecule has 0 fully saturated rings. The molecule has 0 spiro atoms. The lowest BCUT2D eigenvalue weighted by atomic mass is 9.82. The van der Waals surface area contributed by atoms with Crippen molar-refractivity contribution >= 4 is 163 Å². The molecule has 15 aromatic carbocycles. The van der Waals surface area contributed by atoms with Crippen LogP contribution in [-0.4, -0.2) is 59.8 Å². The minimum atomic E-state index is -0.103. The van der Waals surface area contributed by atoms with Crippen molar-refractivity contribution in [3.63, 3.8) is 0 Å². The fourth-order valence-corrected chi connectivity index (χ4v) is 20.4. The fraction of sp³-hybridized carbons (Fsp3) is 0.0286. The molecule has 0 bridgehead atoms. The Bertz CT molecular complexity index is 8090. The first-order valence-electron chi connectivity index (χ1n) is 40.2. The molecule has 125 heavy (non-hydrogen) atoms. The van der Waals surface area contributed by atoms with Crippen LogP contribution in [0, 0.1) is 0 Å². The number of para-hydroxylation sites is 1. The van der Waals surface area contributed by atoms with Crippen LogP contribution in [0.2, 0.25) is 21.1 Å². The number of aromatic nitrogens is 12. The van der Waals surface area contributed by atoms with E-state index in [1.165, 1.54) is 83.1 Å². The van der Waals surface area contributed by atoms with Crippen LogP contribution in [0.5, 0.6) is 0 Å². The van der Waals surface area contributed by atoms with Crippen LogP contribution in [0.3, 0.4) is 0 Å². The third-order valence-corrected chi connectivity index (χ3v) is 26.4. The van der Waals surface area contributed by atoms with Gasteiger partial charge in [0.15, 0.2) is 46.6 Å². The van der Waals surface area contributed by atoms with Crippen molar-refractivity contribution in [3.05, 3.63) is 384 Å². The molecule has 1 aliphatic carbocycles. The number of furan rings is 1. The van der Waals surface area contributed by atoms with Crippen LogP contribution in [0.15, 0.2) is 356 Å². The quantitative estimate of drug-likeness (QED) is 0.127. The second-order valence-corrected chi connectivity index (χ2v) is 35.0. The van der Waals surface area contributed by atoms with Gasteiger partial charge < -0.3 is 4.42 Å². The van der Waals surface area contributed by atoms with Gasteiger partial charge in [0, 0.05) is 121 Å². The van der Waals surface area contributed by atoms with Crippen LogP contribution in [0.25, 0.3) is 207 Å². The molecule has 1 aliphatic rings. The summed E-state index contributed by atoms with van der Waals surface area (Å²) in [4.78, 5) is 54.3. The fourth-order valence-electron chi connectivity index (χ4n) is 16.4. The zero-order valence-corrected chi connectivity index (χ0v) is 72.0. The number of fused-ring (bicyclic) bond motifs is 15. The van der Waals surface area contributed by atoms with Gasteiger partial charge in [-0.1, -0.05) is 305 Å². The van der Waals surface area contributed by atoms with E-state index in [-0.39, 0.29) is 26.5 Å². The highest BCUT2D eigenvalue weighted by Gasteiger charge is 2.36. The number of halogens is 4. The first-order valence-corrected chi connectivity index (χ1v) is 44.2. The third kappa shape index (κ3) is 15.5. The van der Waals surface area contributed by atoms with Crippen LogP contribution in [0.4, 0.5) is 0 Å². The van der Waals surface area contributed by atoms with Crippen LogP contribution >= 0.6 is 80.4 Å². The van der Waals surface area contributed by atoms with Gasteiger partial charge in [0.2, 0.25) is 21.1 Å². The molecule has 0 unspecified atom stereocenters. The van der Waals surface area contributed by atoms with E-state index in [0.717, 1.165) is 88.3 Å². The summed E-state index contributed by atoms with van der Waals surface area (Å²) >= 11 is 30.6. The van der Waals surface area contributed by atoms with E-state index in [2.05, 4.69) is 260 Å². The number of hydrogen-bond acceptors (Lipinski definition) is 16. The Morgan fingerprint density at radius 1 is 0.208 bits per heavy atom. The number of nitrogens with zero attached hydrogens (tertiary/aromatic N) is 12. The van der Waals surface area contributed by atoms with E-state index >= 15 is 0 Å². The maximum atomic E-state index is 6.39. The van der Waals surface area contributed by atoms with Crippen molar-refractivity contribution in [1.82, 2.24) is 59.8 Å². The van der Waals surface area contributed by atoms with E-state index in [0.29, 0.717) is 46.6 Å². The number of thiophene rings is 3. The van der Waals surface area contributed by atoms with Crippen LogP contribution in [-0.2, 0) is 5.41 Å². The normalized spacial score (nSPS) is 12.0. The number of rotatable bonds is 10. The van der Waals surface area contributed by atoms with Crippen molar-refractivity contribution in [2.24, 2.45) is 0 Å². The molecule has 0 saturated heterocycles. The van der Waals surface area contributed by atoms with E-state index in [1.54, 1.807) is 34.0 Å². The average Bonchev–Trinajstić information content (AvgIpc) is 1.58. The van der Waals surface area contributed by atoms with Gasteiger partial charge in [0.1, 0.15) is 11.2 Å². The zero-order valence-electron chi connectivity index (χ0n) is 66.5. The van der Waals surface area contributed by atoms with Gasteiger partial charge in [0.05, 0.1) is 0 Å². The van der Waals surface area contributed by atoms with Crippen molar-refractivity contribution in [2.75, 3.05) is 0 Å². The molecule has 8 heterocycles. The van der Waals surface area contributed by atoms with E-state index in [1.807, 2.05) is 146 Å². The summed E-state index contributed by atoms with van der Waals surface area (Å²) in [6, 6.07) is 120. The van der Waals surface area contributed by atoms with Crippen molar-refractivity contribution < 1.29 is 4.42 Å². The minimum Gasteiger partial charge on any atom is -0.456 e. The summed E-state index contributed by atoms with van der Waals surface area (Å²) in [7, 11) is 0. The third-order valence-electron chi connectivity index (χ3n) is 22.4. The van der Waals surface area contributed by atoms with E-state index < -0.39 is 0 Å². The van der Waals surface area contributed by atoms with Crippen molar-refractivity contribution in [2.45, 2.75) is 19.3 Å². The molecular weight excluding hydrogens is 1680 g/mol. The van der Waals surface area contributed by atoms with E-state index in [9.17, 15) is 0 Å². The molecule has 8 aromatic heterocycles. The lowest BCUT2D eigenvalue weighted by Crippen LogP contribution is -2.15. The molecule has 0 saturated carbocycles. The monoisotopic (exact) mass is 1740 g/mol. The number of benzene rings is 15. The van der Waals surface area contributed by atoms with Gasteiger partial charge in [-0.15, -0.1) is 34.0 Å². The smallest absolute Gasteiger partial charge is 0.226 e. The summed E-state index contributed by atoms with van der Waals surface area (Å²) in [5, 5.41) is 10.1. The minimum absolute atomic E-state index is 0.103. The molecule has 20 heteroatoms. The van der Waals surface area contributed by atoms with Gasteiger partial charge in [-0.05, 0) is 152 Å². The van der Waals surface area contributed by atoms with Crippen molar-refractivity contribution in [3.8, 4) is 124 Å². The van der Waals surface area contributed by atoms with Crippen LogP contribution < -0.4 is 0 Å².